The fourth-order valence-electron chi connectivity index (χ4n) is 2.54. The number of aliphatic hydroxyl groups is 2. The van der Waals surface area contributed by atoms with E-state index in [4.69, 9.17) is 20.4 Å². The molecular formula is C28H42O6. The highest BCUT2D eigenvalue weighted by Gasteiger charge is 2.05. The maximum atomic E-state index is 10.2. The van der Waals surface area contributed by atoms with E-state index in [9.17, 15) is 9.59 Å². The van der Waals surface area contributed by atoms with E-state index in [-0.39, 0.29) is 12.2 Å². The monoisotopic (exact) mass is 474 g/mol. The van der Waals surface area contributed by atoms with Crippen LogP contribution in [0, 0.1) is 0 Å². The minimum Gasteiger partial charge on any atom is -0.478 e. The minimum atomic E-state index is -0.879. The molecule has 2 aromatic rings. The highest BCUT2D eigenvalue weighted by molar-refractivity contribution is 5.87. The van der Waals surface area contributed by atoms with Gasteiger partial charge in [-0.05, 0) is 56.9 Å². The molecule has 0 bridgehead atoms. The number of unbranched alkanes of at least 4 members (excludes halogenated alkanes) is 3. The molecular weight excluding hydrogens is 432 g/mol. The fraction of sp³-hybridized carbons (Fsp3) is 0.429. The van der Waals surface area contributed by atoms with Gasteiger partial charge in [0.25, 0.3) is 0 Å². The van der Waals surface area contributed by atoms with E-state index in [0.717, 1.165) is 12.8 Å². The lowest BCUT2D eigenvalue weighted by Gasteiger charge is -2.09. The number of hydrogen-bond acceptors (Lipinski definition) is 4. The van der Waals surface area contributed by atoms with Gasteiger partial charge >= 0.3 is 11.9 Å². The molecule has 2 atom stereocenters. The summed E-state index contributed by atoms with van der Waals surface area (Å²) in [6.07, 6.45) is 8.76. The van der Waals surface area contributed by atoms with Crippen molar-refractivity contribution in [2.45, 2.75) is 77.9 Å². The average Bonchev–Trinajstić information content (AvgIpc) is 2.81. The van der Waals surface area contributed by atoms with Crippen molar-refractivity contribution in [3.63, 3.8) is 0 Å². The third-order valence-electron chi connectivity index (χ3n) is 4.29. The SMILES string of the molecule is C=CCCCCC.CCCC(O)CC(C)O.O=C(O)c1ccccc1.O=C(O)c1ccccc1. The van der Waals surface area contributed by atoms with Gasteiger partial charge in [0.2, 0.25) is 0 Å². The normalized spacial score (nSPS) is 11.1. The van der Waals surface area contributed by atoms with Crippen LogP contribution in [-0.4, -0.2) is 44.6 Å². The quantitative estimate of drug-likeness (QED) is 0.233. The standard InChI is InChI=1S/2C7H6O2.C7H16O2.C7H14/c2*8-7(9)6-4-2-1-3-5-6;1-3-4-7(9)5-6(2)8;1-3-5-7-6-4-2/h2*1-5H,(H,8,9);6-9H,3-5H2,1-2H3;3H,1,4-7H2,2H3. The number of carboxylic acids is 2. The lowest BCUT2D eigenvalue weighted by molar-refractivity contribution is 0.0686. The molecule has 0 fully saturated rings. The Morgan fingerprint density at radius 2 is 1.26 bits per heavy atom. The molecule has 0 spiro atoms. The van der Waals surface area contributed by atoms with Gasteiger partial charge < -0.3 is 20.4 Å². The molecule has 0 radical (unpaired) electrons. The third kappa shape index (κ3) is 22.2. The zero-order valence-corrected chi connectivity index (χ0v) is 20.8. The number of carbonyl (C=O) groups is 2. The number of hydrogen-bond donors (Lipinski definition) is 4. The molecule has 0 heterocycles. The Morgan fingerprint density at radius 1 is 0.824 bits per heavy atom. The molecule has 4 N–H and O–H groups in total. The van der Waals surface area contributed by atoms with E-state index in [0.29, 0.717) is 17.5 Å². The maximum Gasteiger partial charge on any atom is 0.335 e. The predicted molar refractivity (Wildman–Crippen MR) is 138 cm³/mol. The van der Waals surface area contributed by atoms with Crippen LogP contribution in [0.2, 0.25) is 0 Å². The molecule has 2 unspecified atom stereocenters. The van der Waals surface area contributed by atoms with Crippen molar-refractivity contribution in [3.05, 3.63) is 84.4 Å². The van der Waals surface area contributed by atoms with Gasteiger partial charge in [-0.3, -0.25) is 0 Å². The first-order valence-electron chi connectivity index (χ1n) is 11.7. The number of benzene rings is 2. The smallest absolute Gasteiger partial charge is 0.335 e. The Labute approximate surface area is 204 Å². The van der Waals surface area contributed by atoms with Gasteiger partial charge in [-0.15, -0.1) is 6.58 Å². The second kappa shape index (κ2) is 23.2. The van der Waals surface area contributed by atoms with Crippen molar-refractivity contribution in [2.24, 2.45) is 0 Å². The van der Waals surface area contributed by atoms with E-state index >= 15 is 0 Å². The number of allylic oxidation sites excluding steroid dienone is 1. The van der Waals surface area contributed by atoms with Crippen LogP contribution in [-0.2, 0) is 0 Å². The summed E-state index contributed by atoms with van der Waals surface area (Å²) in [5, 5.41) is 34.6. The molecule has 0 aliphatic heterocycles. The van der Waals surface area contributed by atoms with Crippen LogP contribution >= 0.6 is 0 Å². The topological polar surface area (TPSA) is 115 Å². The first-order chi connectivity index (χ1) is 16.2. The van der Waals surface area contributed by atoms with Crippen molar-refractivity contribution < 1.29 is 30.0 Å². The Bertz CT molecular complexity index is 695. The van der Waals surface area contributed by atoms with Gasteiger partial charge in [0.15, 0.2) is 0 Å². The molecule has 0 amide bonds. The van der Waals surface area contributed by atoms with E-state index in [1.807, 2.05) is 13.0 Å². The van der Waals surface area contributed by atoms with Crippen LogP contribution in [0.5, 0.6) is 0 Å². The van der Waals surface area contributed by atoms with Crippen LogP contribution in [0.3, 0.4) is 0 Å². The van der Waals surface area contributed by atoms with Gasteiger partial charge in [0, 0.05) is 0 Å². The molecule has 2 aromatic carbocycles. The van der Waals surface area contributed by atoms with E-state index in [2.05, 4.69) is 13.5 Å². The third-order valence-corrected chi connectivity index (χ3v) is 4.29. The second-order valence-electron chi connectivity index (χ2n) is 7.65. The van der Waals surface area contributed by atoms with Crippen molar-refractivity contribution in [1.29, 1.82) is 0 Å². The molecule has 6 nitrogen and oxygen atoms in total. The maximum absolute atomic E-state index is 10.2. The largest absolute Gasteiger partial charge is 0.478 e. The summed E-state index contributed by atoms with van der Waals surface area (Å²) in [5.74, 6) is -1.76. The molecule has 0 saturated heterocycles. The van der Waals surface area contributed by atoms with Crippen LogP contribution in [0.4, 0.5) is 0 Å². The average molecular weight is 475 g/mol. The summed E-state index contributed by atoms with van der Waals surface area (Å²) in [4.78, 5) is 20.4. The summed E-state index contributed by atoms with van der Waals surface area (Å²) in [5.41, 5.74) is 0.662. The summed E-state index contributed by atoms with van der Waals surface area (Å²) in [6, 6.07) is 16.6. The zero-order valence-electron chi connectivity index (χ0n) is 20.8. The van der Waals surface area contributed by atoms with Crippen molar-refractivity contribution >= 4 is 11.9 Å². The molecule has 2 rings (SSSR count). The number of aliphatic hydroxyl groups excluding tert-OH is 2. The molecule has 0 aliphatic rings. The summed E-state index contributed by atoms with van der Waals surface area (Å²) >= 11 is 0. The van der Waals surface area contributed by atoms with Gasteiger partial charge in [-0.1, -0.05) is 75.6 Å². The first kappa shape index (κ1) is 33.2. The second-order valence-corrected chi connectivity index (χ2v) is 7.65. The van der Waals surface area contributed by atoms with Crippen LogP contribution in [0.15, 0.2) is 73.3 Å². The van der Waals surface area contributed by atoms with Crippen LogP contribution in [0.1, 0.15) is 86.4 Å². The molecule has 0 aliphatic carbocycles. The number of carboxylic acid groups (broad SMARTS) is 2. The molecule has 34 heavy (non-hydrogen) atoms. The lowest BCUT2D eigenvalue weighted by atomic mass is 10.1. The lowest BCUT2D eigenvalue weighted by Crippen LogP contribution is -2.13. The summed E-state index contributed by atoms with van der Waals surface area (Å²) in [6.45, 7) is 9.56. The van der Waals surface area contributed by atoms with Gasteiger partial charge in [-0.25, -0.2) is 9.59 Å². The van der Waals surface area contributed by atoms with E-state index < -0.39 is 11.9 Å². The van der Waals surface area contributed by atoms with Crippen molar-refractivity contribution in [1.82, 2.24) is 0 Å². The molecule has 190 valence electrons. The van der Waals surface area contributed by atoms with E-state index in [1.54, 1.807) is 67.6 Å². The van der Waals surface area contributed by atoms with Crippen molar-refractivity contribution in [3.8, 4) is 0 Å². The fourth-order valence-corrected chi connectivity index (χ4v) is 2.54. The summed E-state index contributed by atoms with van der Waals surface area (Å²) < 4.78 is 0. The highest BCUT2D eigenvalue weighted by atomic mass is 16.4. The molecule has 0 aromatic heterocycles. The zero-order chi connectivity index (χ0) is 26.2. The summed E-state index contributed by atoms with van der Waals surface area (Å²) in [7, 11) is 0. The Morgan fingerprint density at radius 3 is 1.53 bits per heavy atom. The van der Waals surface area contributed by atoms with Crippen molar-refractivity contribution in [2.75, 3.05) is 0 Å². The van der Waals surface area contributed by atoms with Gasteiger partial charge in [-0.2, -0.15) is 0 Å². The van der Waals surface area contributed by atoms with Crippen LogP contribution < -0.4 is 0 Å². The predicted octanol–water partition coefficient (Wildman–Crippen LogP) is 6.44. The number of aromatic carboxylic acids is 2. The molecule has 6 heteroatoms. The van der Waals surface area contributed by atoms with Gasteiger partial charge in [0.05, 0.1) is 23.3 Å². The van der Waals surface area contributed by atoms with Gasteiger partial charge in [0.1, 0.15) is 0 Å². The number of rotatable bonds is 10. The molecule has 0 saturated carbocycles. The Hall–Kier alpha value is -2.96. The first-order valence-corrected chi connectivity index (χ1v) is 11.7. The Balaban J connectivity index is 0. The Kier molecular flexibility index (Phi) is 22.7. The van der Waals surface area contributed by atoms with E-state index in [1.165, 1.54) is 25.7 Å². The minimum absolute atomic E-state index is 0.310. The highest BCUT2D eigenvalue weighted by Crippen LogP contribution is 2.03. The van der Waals surface area contributed by atoms with Crippen LogP contribution in [0.25, 0.3) is 0 Å².